The van der Waals surface area contributed by atoms with Crippen LogP contribution in [0, 0.1) is 18.7 Å². The summed E-state index contributed by atoms with van der Waals surface area (Å²) in [4.78, 5) is 9.55. The first kappa shape index (κ1) is 17.9. The Morgan fingerprint density at radius 2 is 1.93 bits per heavy atom. The van der Waals surface area contributed by atoms with Crippen molar-refractivity contribution >= 4 is 18.0 Å². The number of anilines is 1. The van der Waals surface area contributed by atoms with Gasteiger partial charge in [-0.3, -0.25) is 4.57 Å². The molecule has 0 aliphatic heterocycles. The van der Waals surface area contributed by atoms with E-state index in [9.17, 15) is 4.39 Å². The molecule has 1 N–H and O–H groups in total. The molecule has 1 aromatic carbocycles. The van der Waals surface area contributed by atoms with Gasteiger partial charge in [0.1, 0.15) is 17.5 Å². The highest BCUT2D eigenvalue weighted by molar-refractivity contribution is 5.73. The molecule has 2 heterocycles. The molecule has 3 aromatic rings. The zero-order valence-corrected chi connectivity index (χ0v) is 16.4. The van der Waals surface area contributed by atoms with Crippen molar-refractivity contribution in [1.82, 2.24) is 14.5 Å². The third-order valence-electron chi connectivity index (χ3n) is 5.47. The van der Waals surface area contributed by atoms with Crippen molar-refractivity contribution in [2.24, 2.45) is 5.92 Å². The van der Waals surface area contributed by atoms with Gasteiger partial charge in [-0.1, -0.05) is 12.2 Å². The molecule has 29 heavy (non-hydrogen) atoms. The number of hydrogen-bond acceptors (Lipinski definition) is 3. The summed E-state index contributed by atoms with van der Waals surface area (Å²) >= 11 is 0. The van der Waals surface area contributed by atoms with Gasteiger partial charge in [-0.15, -0.1) is 0 Å². The van der Waals surface area contributed by atoms with E-state index in [2.05, 4.69) is 46.1 Å². The minimum Gasteiger partial charge on any atom is -0.370 e. The van der Waals surface area contributed by atoms with Crippen molar-refractivity contribution in [2.45, 2.75) is 26.2 Å². The van der Waals surface area contributed by atoms with Gasteiger partial charge in [-0.05, 0) is 80.2 Å². The van der Waals surface area contributed by atoms with Crippen LogP contribution < -0.4 is 5.32 Å². The molecule has 2 aromatic heterocycles. The van der Waals surface area contributed by atoms with Crippen LogP contribution in [0.2, 0.25) is 0 Å². The zero-order valence-electron chi connectivity index (χ0n) is 16.4. The molecule has 0 spiro atoms. The maximum Gasteiger partial charge on any atom is 0.147 e. The molecule has 0 atom stereocenters. The number of rotatable bonds is 5. The van der Waals surface area contributed by atoms with E-state index in [1.165, 1.54) is 25.0 Å². The summed E-state index contributed by atoms with van der Waals surface area (Å²) in [6.07, 6.45) is 13.7. The molecule has 0 unspecified atom stereocenters. The average molecular weight is 386 g/mol. The van der Waals surface area contributed by atoms with Gasteiger partial charge in [0.25, 0.3) is 0 Å². The summed E-state index contributed by atoms with van der Waals surface area (Å²) in [6.45, 7) is 3.07. The Bertz CT molecular complexity index is 1100. The summed E-state index contributed by atoms with van der Waals surface area (Å²) in [6, 6.07) is 8.63. The SMILES string of the molecule is Cc1cc(NCC2CC2)ncc1-c1nc2c(n1-c1ccc(F)cc1)C=CCC=C2. The molecule has 0 radical (unpaired) electrons. The quantitative estimate of drug-likeness (QED) is 0.618. The molecule has 1 saturated carbocycles. The summed E-state index contributed by atoms with van der Waals surface area (Å²) in [5.74, 6) is 2.26. The third-order valence-corrected chi connectivity index (χ3v) is 5.47. The molecule has 146 valence electrons. The molecule has 0 saturated heterocycles. The Labute approximate surface area is 169 Å². The second-order valence-corrected chi connectivity index (χ2v) is 7.77. The lowest BCUT2D eigenvalue weighted by Gasteiger charge is -2.13. The maximum atomic E-state index is 13.5. The summed E-state index contributed by atoms with van der Waals surface area (Å²) < 4.78 is 15.6. The first-order chi connectivity index (χ1) is 14.2. The van der Waals surface area contributed by atoms with Gasteiger partial charge in [-0.2, -0.15) is 0 Å². The van der Waals surface area contributed by atoms with E-state index in [1.54, 1.807) is 12.1 Å². The van der Waals surface area contributed by atoms with E-state index in [1.807, 2.05) is 12.3 Å². The fourth-order valence-corrected chi connectivity index (χ4v) is 3.66. The van der Waals surface area contributed by atoms with Crippen LogP contribution in [0.25, 0.3) is 29.2 Å². The molecule has 0 amide bonds. The number of aromatic nitrogens is 3. The Morgan fingerprint density at radius 3 is 2.69 bits per heavy atom. The van der Waals surface area contributed by atoms with Gasteiger partial charge in [0, 0.05) is 24.0 Å². The van der Waals surface area contributed by atoms with Crippen molar-refractivity contribution in [2.75, 3.05) is 11.9 Å². The zero-order chi connectivity index (χ0) is 19.8. The number of pyridine rings is 1. The monoisotopic (exact) mass is 386 g/mol. The molecule has 2 aliphatic rings. The Kier molecular flexibility index (Phi) is 4.51. The van der Waals surface area contributed by atoms with Gasteiger partial charge < -0.3 is 5.32 Å². The first-order valence-corrected chi connectivity index (χ1v) is 10.1. The molecule has 4 nitrogen and oxygen atoms in total. The number of halogens is 1. The van der Waals surface area contributed by atoms with Crippen molar-refractivity contribution in [1.29, 1.82) is 0 Å². The summed E-state index contributed by atoms with van der Waals surface area (Å²) in [5.41, 5.74) is 4.87. The maximum absolute atomic E-state index is 13.5. The van der Waals surface area contributed by atoms with Crippen LogP contribution in [0.5, 0.6) is 0 Å². The molecular weight excluding hydrogens is 363 g/mol. The number of fused-ring (bicyclic) bond motifs is 1. The summed E-state index contributed by atoms with van der Waals surface area (Å²) in [7, 11) is 0. The van der Waals surface area contributed by atoms with Gasteiger partial charge in [0.2, 0.25) is 0 Å². The third kappa shape index (κ3) is 3.60. The molecule has 1 fully saturated rings. The highest BCUT2D eigenvalue weighted by atomic mass is 19.1. The van der Waals surface area contributed by atoms with Crippen LogP contribution in [0.15, 0.2) is 48.7 Å². The second-order valence-electron chi connectivity index (χ2n) is 7.77. The van der Waals surface area contributed by atoms with Crippen LogP contribution in [0.1, 0.15) is 36.2 Å². The van der Waals surface area contributed by atoms with Crippen LogP contribution >= 0.6 is 0 Å². The van der Waals surface area contributed by atoms with E-state index < -0.39 is 0 Å². The van der Waals surface area contributed by atoms with E-state index in [-0.39, 0.29) is 5.82 Å². The highest BCUT2D eigenvalue weighted by Crippen LogP contribution is 2.32. The largest absolute Gasteiger partial charge is 0.370 e. The average Bonchev–Trinajstić information content (AvgIpc) is 3.52. The lowest BCUT2D eigenvalue weighted by molar-refractivity contribution is 0.627. The van der Waals surface area contributed by atoms with Crippen LogP contribution in [0.3, 0.4) is 0 Å². The van der Waals surface area contributed by atoms with Gasteiger partial charge in [0.05, 0.1) is 11.4 Å². The van der Waals surface area contributed by atoms with Crippen molar-refractivity contribution < 1.29 is 4.39 Å². The number of allylic oxidation sites excluding steroid dienone is 2. The van der Waals surface area contributed by atoms with Gasteiger partial charge >= 0.3 is 0 Å². The van der Waals surface area contributed by atoms with E-state index in [0.29, 0.717) is 0 Å². The first-order valence-electron chi connectivity index (χ1n) is 10.1. The van der Waals surface area contributed by atoms with E-state index in [4.69, 9.17) is 4.98 Å². The molecule has 5 heteroatoms. The highest BCUT2D eigenvalue weighted by Gasteiger charge is 2.22. The van der Waals surface area contributed by atoms with Crippen LogP contribution in [0.4, 0.5) is 10.2 Å². The smallest absolute Gasteiger partial charge is 0.147 e. The minimum absolute atomic E-state index is 0.249. The molecular formula is C24H23FN4. The lowest BCUT2D eigenvalue weighted by atomic mass is 10.1. The normalized spacial score (nSPS) is 15.2. The summed E-state index contributed by atoms with van der Waals surface area (Å²) in [5, 5.41) is 3.43. The Hall–Kier alpha value is -3.21. The van der Waals surface area contributed by atoms with Gasteiger partial charge in [-0.25, -0.2) is 14.4 Å². The van der Waals surface area contributed by atoms with Crippen molar-refractivity contribution in [3.63, 3.8) is 0 Å². The van der Waals surface area contributed by atoms with Crippen molar-refractivity contribution in [3.8, 4) is 17.1 Å². The number of hydrogen-bond donors (Lipinski definition) is 1. The lowest BCUT2D eigenvalue weighted by Crippen LogP contribution is -2.06. The number of imidazole rings is 1. The Balaban J connectivity index is 1.61. The minimum atomic E-state index is -0.249. The predicted octanol–water partition coefficient (Wildman–Crippen LogP) is 5.63. The predicted molar refractivity (Wildman–Crippen MR) is 115 cm³/mol. The van der Waals surface area contributed by atoms with Crippen LogP contribution in [-0.4, -0.2) is 21.1 Å². The number of nitrogens with one attached hydrogen (secondary N) is 1. The topological polar surface area (TPSA) is 42.7 Å². The fraction of sp³-hybridized carbons (Fsp3) is 0.250. The van der Waals surface area contributed by atoms with Crippen LogP contribution in [-0.2, 0) is 0 Å². The number of benzene rings is 1. The van der Waals surface area contributed by atoms with E-state index in [0.717, 1.165) is 58.7 Å². The standard InChI is InChI=1S/C24H23FN4/c1-16-13-23(26-14-17-7-8-17)27-15-20(16)24-28-21-5-3-2-4-6-22(21)29(24)19-11-9-18(25)10-12-19/h3-6,9-13,15,17H,2,7-8,14H2,1H3,(H,26,27). The fourth-order valence-electron chi connectivity index (χ4n) is 3.66. The van der Waals surface area contributed by atoms with Crippen molar-refractivity contribution in [3.05, 3.63) is 71.4 Å². The molecule has 5 rings (SSSR count). The van der Waals surface area contributed by atoms with Gasteiger partial charge in [0.15, 0.2) is 0 Å². The number of nitrogens with zero attached hydrogens (tertiary/aromatic N) is 3. The number of aryl methyl sites for hydroxylation is 1. The Morgan fingerprint density at radius 1 is 1.14 bits per heavy atom. The molecule has 2 aliphatic carbocycles. The second kappa shape index (κ2) is 7.32. The molecule has 0 bridgehead atoms. The van der Waals surface area contributed by atoms with E-state index >= 15 is 0 Å².